The molecule has 0 aliphatic carbocycles. The third-order valence-corrected chi connectivity index (χ3v) is 8.80. The molecule has 2 aliphatic heterocycles. The second-order valence-electron chi connectivity index (χ2n) is 8.33. The number of rotatable bonds is 5. The van der Waals surface area contributed by atoms with Crippen LogP contribution in [-0.4, -0.2) is 48.8 Å². The maximum absolute atomic E-state index is 13.1. The molecule has 0 bridgehead atoms. The lowest BCUT2D eigenvalue weighted by Crippen LogP contribution is -2.36. The lowest BCUT2D eigenvalue weighted by atomic mass is 9.81. The van der Waals surface area contributed by atoms with Crippen LogP contribution in [0, 0.1) is 0 Å². The summed E-state index contributed by atoms with van der Waals surface area (Å²) >= 11 is 7.51. The first-order valence-corrected chi connectivity index (χ1v) is 13.1. The number of hydrogen-bond acceptors (Lipinski definition) is 7. The highest BCUT2D eigenvalue weighted by molar-refractivity contribution is 7.89. The molecule has 1 saturated heterocycles. The van der Waals surface area contributed by atoms with E-state index in [9.17, 15) is 13.2 Å². The van der Waals surface area contributed by atoms with Crippen LogP contribution in [0.2, 0.25) is 4.34 Å². The van der Waals surface area contributed by atoms with Crippen LogP contribution < -0.4 is 9.62 Å². The van der Waals surface area contributed by atoms with Crippen molar-refractivity contribution in [3.05, 3.63) is 64.4 Å². The lowest BCUT2D eigenvalue weighted by Gasteiger charge is -2.25. The van der Waals surface area contributed by atoms with Gasteiger partial charge in [-0.2, -0.15) is 0 Å². The van der Waals surface area contributed by atoms with Crippen molar-refractivity contribution in [1.29, 1.82) is 0 Å². The fraction of sp³-hybridized carbons (Fsp3) is 0.318. The topological polar surface area (TPSA) is 95.5 Å². The summed E-state index contributed by atoms with van der Waals surface area (Å²) in [4.78, 5) is 24.8. The van der Waals surface area contributed by atoms with Gasteiger partial charge in [0.05, 0.1) is 23.3 Å². The number of carbonyl (C=O) groups is 1. The van der Waals surface area contributed by atoms with Crippen LogP contribution in [0.1, 0.15) is 24.6 Å². The van der Waals surface area contributed by atoms with Crippen LogP contribution in [-0.2, 0) is 26.8 Å². The molecule has 172 valence electrons. The number of likely N-dealkylation sites (tertiary alicyclic amines) is 1. The number of carbonyl (C=O) groups excluding carboxylic acids is 1. The van der Waals surface area contributed by atoms with Gasteiger partial charge in [-0.3, -0.25) is 9.78 Å². The van der Waals surface area contributed by atoms with Crippen LogP contribution in [0.15, 0.2) is 53.7 Å². The lowest BCUT2D eigenvalue weighted by molar-refractivity contribution is -0.127. The minimum atomic E-state index is -3.76. The number of hydrogen-bond donors (Lipinski definition) is 1. The SMILES string of the molecule is CC(=O)N1CCC2(C1)CN(c1ncc(Cl)s1)c1ccc(S(=O)(=O)NCc3ccccn3)cc12. The zero-order valence-corrected chi connectivity index (χ0v) is 20.3. The van der Waals surface area contributed by atoms with Gasteiger partial charge in [0.1, 0.15) is 4.34 Å². The number of nitrogens with zero attached hydrogens (tertiary/aromatic N) is 4. The predicted octanol–water partition coefficient (Wildman–Crippen LogP) is 3.31. The second kappa shape index (κ2) is 8.35. The van der Waals surface area contributed by atoms with Crippen molar-refractivity contribution >= 4 is 49.7 Å². The van der Waals surface area contributed by atoms with E-state index in [4.69, 9.17) is 11.6 Å². The number of thiazole rings is 1. The van der Waals surface area contributed by atoms with E-state index in [1.54, 1.807) is 43.6 Å². The van der Waals surface area contributed by atoms with Gasteiger partial charge >= 0.3 is 0 Å². The van der Waals surface area contributed by atoms with E-state index in [2.05, 4.69) is 19.6 Å². The number of nitrogens with one attached hydrogen (secondary N) is 1. The molecule has 1 amide bonds. The standard InChI is InChI=1S/C22H22ClN5O3S2/c1-15(29)27-9-7-22(13-27)14-28(21-25-12-20(23)32-21)19-6-5-17(10-18(19)22)33(30,31)26-11-16-4-2-3-8-24-16/h2-6,8,10,12,26H,7,9,11,13-14H2,1H3. The van der Waals surface area contributed by atoms with Gasteiger partial charge in [-0.05, 0) is 42.3 Å². The van der Waals surface area contributed by atoms with Gasteiger partial charge in [-0.15, -0.1) is 0 Å². The van der Waals surface area contributed by atoms with Gasteiger partial charge < -0.3 is 9.80 Å². The molecular formula is C22H22ClN5O3S2. The first-order valence-electron chi connectivity index (χ1n) is 10.5. The number of pyridine rings is 1. The van der Waals surface area contributed by atoms with Gasteiger partial charge in [0.15, 0.2) is 5.13 Å². The van der Waals surface area contributed by atoms with Crippen LogP contribution >= 0.6 is 22.9 Å². The molecule has 4 heterocycles. The molecule has 33 heavy (non-hydrogen) atoms. The Morgan fingerprint density at radius 2 is 2.09 bits per heavy atom. The zero-order chi connectivity index (χ0) is 23.2. The van der Waals surface area contributed by atoms with Gasteiger partial charge in [0, 0.05) is 43.9 Å². The minimum absolute atomic E-state index is 0.0185. The Labute approximate surface area is 201 Å². The molecule has 1 spiro atoms. The van der Waals surface area contributed by atoms with E-state index in [1.165, 1.54) is 11.3 Å². The highest BCUT2D eigenvalue weighted by atomic mass is 35.5. The fourth-order valence-corrected chi connectivity index (χ4v) is 6.54. The summed E-state index contributed by atoms with van der Waals surface area (Å²) in [5.74, 6) is 0.0185. The van der Waals surface area contributed by atoms with E-state index < -0.39 is 10.0 Å². The highest BCUT2D eigenvalue weighted by Gasteiger charge is 2.49. The molecule has 8 nitrogen and oxygen atoms in total. The third kappa shape index (κ3) is 4.12. The van der Waals surface area contributed by atoms with Crippen molar-refractivity contribution in [3.8, 4) is 0 Å². The molecule has 1 atom stereocenters. The number of anilines is 2. The number of aromatic nitrogens is 2. The van der Waals surface area contributed by atoms with Crippen molar-refractivity contribution in [3.63, 3.8) is 0 Å². The number of fused-ring (bicyclic) bond motifs is 2. The summed E-state index contributed by atoms with van der Waals surface area (Å²) in [6, 6.07) is 10.5. The predicted molar refractivity (Wildman–Crippen MR) is 127 cm³/mol. The number of amides is 1. The largest absolute Gasteiger partial charge is 0.342 e. The van der Waals surface area contributed by atoms with Crippen LogP contribution in [0.3, 0.4) is 0 Å². The van der Waals surface area contributed by atoms with E-state index in [0.29, 0.717) is 29.7 Å². The Bertz CT molecular complexity index is 1310. The van der Waals surface area contributed by atoms with Gasteiger partial charge in [0.25, 0.3) is 0 Å². The van der Waals surface area contributed by atoms with E-state index in [1.807, 2.05) is 17.0 Å². The summed E-state index contributed by atoms with van der Waals surface area (Å²) in [5.41, 5.74) is 2.08. The molecule has 5 rings (SSSR count). The summed E-state index contributed by atoms with van der Waals surface area (Å²) < 4.78 is 29.4. The smallest absolute Gasteiger partial charge is 0.240 e. The average Bonchev–Trinajstić information content (AvgIpc) is 3.51. The van der Waals surface area contributed by atoms with Crippen molar-refractivity contribution in [2.45, 2.75) is 30.2 Å². The zero-order valence-electron chi connectivity index (χ0n) is 17.9. The molecule has 11 heteroatoms. The number of sulfonamides is 1. The minimum Gasteiger partial charge on any atom is -0.342 e. The molecule has 1 N–H and O–H groups in total. The summed E-state index contributed by atoms with van der Waals surface area (Å²) in [5, 5.41) is 0.753. The van der Waals surface area contributed by atoms with Crippen molar-refractivity contribution in [1.82, 2.24) is 19.6 Å². The van der Waals surface area contributed by atoms with Gasteiger partial charge in [-0.25, -0.2) is 18.1 Å². The van der Waals surface area contributed by atoms with E-state index >= 15 is 0 Å². The van der Waals surface area contributed by atoms with Crippen molar-refractivity contribution < 1.29 is 13.2 Å². The number of halogens is 1. The Hall–Kier alpha value is -2.53. The average molecular weight is 504 g/mol. The molecule has 2 aromatic heterocycles. The first-order chi connectivity index (χ1) is 15.8. The summed E-state index contributed by atoms with van der Waals surface area (Å²) in [6.45, 7) is 3.45. The molecule has 3 aromatic rings. The van der Waals surface area contributed by atoms with Crippen molar-refractivity contribution in [2.75, 3.05) is 24.5 Å². The molecular weight excluding hydrogens is 482 g/mol. The van der Waals surface area contributed by atoms with E-state index in [0.717, 1.165) is 22.8 Å². The maximum Gasteiger partial charge on any atom is 0.240 e. The third-order valence-electron chi connectivity index (χ3n) is 6.27. The Balaban J connectivity index is 1.51. The van der Waals surface area contributed by atoms with Gasteiger partial charge in [-0.1, -0.05) is 29.0 Å². The first kappa shape index (κ1) is 22.3. The molecule has 0 radical (unpaired) electrons. The Morgan fingerprint density at radius 1 is 1.24 bits per heavy atom. The maximum atomic E-state index is 13.1. The quantitative estimate of drug-likeness (QED) is 0.574. The van der Waals surface area contributed by atoms with Crippen molar-refractivity contribution in [2.24, 2.45) is 0 Å². The molecule has 1 fully saturated rings. The normalized spacial score (nSPS) is 19.9. The number of benzene rings is 1. The van der Waals surface area contributed by atoms with Crippen LogP contribution in [0.5, 0.6) is 0 Å². The highest BCUT2D eigenvalue weighted by Crippen LogP contribution is 2.50. The monoisotopic (exact) mass is 503 g/mol. The Kier molecular flexibility index (Phi) is 5.64. The molecule has 1 aromatic carbocycles. The summed E-state index contributed by atoms with van der Waals surface area (Å²) in [7, 11) is -3.76. The molecule has 0 saturated carbocycles. The Morgan fingerprint density at radius 3 is 2.76 bits per heavy atom. The van der Waals surface area contributed by atoms with E-state index in [-0.39, 0.29) is 22.8 Å². The molecule has 1 unspecified atom stereocenters. The molecule has 2 aliphatic rings. The summed E-state index contributed by atoms with van der Waals surface area (Å²) in [6.07, 6.45) is 3.99. The second-order valence-corrected chi connectivity index (χ2v) is 11.7. The van der Waals surface area contributed by atoms with Gasteiger partial charge in [0.2, 0.25) is 15.9 Å². The van der Waals surface area contributed by atoms with Crippen LogP contribution in [0.25, 0.3) is 0 Å². The van der Waals surface area contributed by atoms with Crippen LogP contribution in [0.4, 0.5) is 10.8 Å². The fourth-order valence-electron chi connectivity index (χ4n) is 4.60.